The van der Waals surface area contributed by atoms with Crippen LogP contribution in [0, 0.1) is 12.7 Å². The molecule has 2 aromatic heterocycles. The highest BCUT2D eigenvalue weighted by atomic mass is 19.1. The molecule has 7 nitrogen and oxygen atoms in total. The molecule has 0 fully saturated rings. The first-order valence-electron chi connectivity index (χ1n) is 11.3. The number of anilines is 1. The molecule has 2 aromatic carbocycles. The minimum Gasteiger partial charge on any atom is -0.375 e. The number of aryl methyl sites for hydroxylation is 1. The van der Waals surface area contributed by atoms with Gasteiger partial charge in [-0.25, -0.2) is 9.37 Å². The van der Waals surface area contributed by atoms with E-state index in [4.69, 9.17) is 20.4 Å². The van der Waals surface area contributed by atoms with Crippen LogP contribution >= 0.6 is 0 Å². The van der Waals surface area contributed by atoms with Crippen molar-refractivity contribution >= 4 is 22.6 Å². The van der Waals surface area contributed by atoms with Gasteiger partial charge in [-0.05, 0) is 62.1 Å². The minimum atomic E-state index is -0.477. The lowest BCUT2D eigenvalue weighted by Crippen LogP contribution is -2.20. The van der Waals surface area contributed by atoms with Gasteiger partial charge >= 0.3 is 0 Å². The Morgan fingerprint density at radius 2 is 2.03 bits per heavy atom. The average Bonchev–Trinajstić information content (AvgIpc) is 3.18. The molecule has 0 saturated carbocycles. The summed E-state index contributed by atoms with van der Waals surface area (Å²) in [5.74, 6) is 0.491. The maximum Gasteiger partial charge on any atom is 0.249 e. The van der Waals surface area contributed by atoms with E-state index in [2.05, 4.69) is 5.32 Å². The average molecular weight is 460 g/mol. The Labute approximate surface area is 196 Å². The molecule has 1 unspecified atom stereocenters. The highest BCUT2D eigenvalue weighted by Crippen LogP contribution is 2.36. The number of carbonyl (C=O) groups excluding carboxylic acids is 1. The van der Waals surface area contributed by atoms with Crippen LogP contribution in [-0.2, 0) is 17.7 Å². The topological polar surface area (TPSA) is 95.1 Å². The SMILES string of the molecule is COC1CCCc2c(NCc3ccc(F)cc3)nc(-n3c(C)cc4c(C(N)=O)cccc43)nc21. The zero-order valence-electron chi connectivity index (χ0n) is 19.1. The molecular formula is C26H26FN5O2. The maximum absolute atomic E-state index is 13.3. The number of nitrogens with one attached hydrogen (secondary N) is 1. The summed E-state index contributed by atoms with van der Waals surface area (Å²) < 4.78 is 21.0. The first kappa shape index (κ1) is 22.0. The van der Waals surface area contributed by atoms with Crippen molar-refractivity contribution in [3.8, 4) is 5.95 Å². The number of ether oxygens (including phenoxy) is 1. The summed E-state index contributed by atoms with van der Waals surface area (Å²) in [7, 11) is 1.70. The van der Waals surface area contributed by atoms with Gasteiger partial charge in [0.1, 0.15) is 11.6 Å². The molecule has 174 valence electrons. The van der Waals surface area contributed by atoms with E-state index in [9.17, 15) is 9.18 Å². The second-order valence-electron chi connectivity index (χ2n) is 8.56. The van der Waals surface area contributed by atoms with Gasteiger partial charge in [0.05, 0.1) is 17.3 Å². The van der Waals surface area contributed by atoms with Crippen LogP contribution in [0.5, 0.6) is 0 Å². The number of amides is 1. The number of hydrogen-bond acceptors (Lipinski definition) is 5. The number of methoxy groups -OCH3 is 1. The summed E-state index contributed by atoms with van der Waals surface area (Å²) in [5, 5.41) is 4.20. The molecule has 0 aliphatic heterocycles. The Kier molecular flexibility index (Phi) is 5.75. The highest BCUT2D eigenvalue weighted by molar-refractivity contribution is 6.06. The fourth-order valence-electron chi connectivity index (χ4n) is 4.71. The number of rotatable bonds is 6. The van der Waals surface area contributed by atoms with Crippen molar-refractivity contribution < 1.29 is 13.9 Å². The number of nitrogens with two attached hydrogens (primary N) is 1. The summed E-state index contributed by atoms with van der Waals surface area (Å²) in [6, 6.07) is 13.8. The van der Waals surface area contributed by atoms with E-state index >= 15 is 0 Å². The van der Waals surface area contributed by atoms with Crippen molar-refractivity contribution in [2.45, 2.75) is 38.8 Å². The molecule has 1 amide bonds. The van der Waals surface area contributed by atoms with Crippen LogP contribution in [0.3, 0.4) is 0 Å². The molecule has 2 heterocycles. The van der Waals surface area contributed by atoms with Gasteiger partial charge in [-0.15, -0.1) is 0 Å². The third-order valence-electron chi connectivity index (χ3n) is 6.38. The number of carbonyl (C=O) groups is 1. The van der Waals surface area contributed by atoms with Gasteiger partial charge in [-0.1, -0.05) is 18.2 Å². The zero-order chi connectivity index (χ0) is 23.8. The normalized spacial score (nSPS) is 15.3. The molecule has 34 heavy (non-hydrogen) atoms. The number of nitrogens with zero attached hydrogens (tertiary/aromatic N) is 3. The summed E-state index contributed by atoms with van der Waals surface area (Å²) in [6.45, 7) is 2.45. The summed E-state index contributed by atoms with van der Waals surface area (Å²) in [6.07, 6.45) is 2.58. The van der Waals surface area contributed by atoms with Crippen LogP contribution in [0.25, 0.3) is 16.9 Å². The third-order valence-corrected chi connectivity index (χ3v) is 6.38. The van der Waals surface area contributed by atoms with Crippen LogP contribution in [0.2, 0.25) is 0 Å². The molecule has 0 bridgehead atoms. The van der Waals surface area contributed by atoms with Crippen LogP contribution in [0.4, 0.5) is 10.2 Å². The van der Waals surface area contributed by atoms with Crippen molar-refractivity contribution in [2.24, 2.45) is 5.73 Å². The Balaban J connectivity index is 1.64. The summed E-state index contributed by atoms with van der Waals surface area (Å²) >= 11 is 0. The predicted molar refractivity (Wildman–Crippen MR) is 129 cm³/mol. The largest absolute Gasteiger partial charge is 0.375 e. The number of benzene rings is 2. The lowest BCUT2D eigenvalue weighted by molar-refractivity contribution is 0.0842. The molecule has 3 N–H and O–H groups in total. The lowest BCUT2D eigenvalue weighted by atomic mass is 9.93. The summed E-state index contributed by atoms with van der Waals surface area (Å²) in [5.41, 5.74) is 10.6. The molecule has 4 aromatic rings. The van der Waals surface area contributed by atoms with Gasteiger partial charge < -0.3 is 15.8 Å². The minimum absolute atomic E-state index is 0.125. The number of fused-ring (bicyclic) bond motifs is 2. The quantitative estimate of drug-likeness (QED) is 0.439. The number of primary amides is 1. The van der Waals surface area contributed by atoms with Crippen molar-refractivity contribution in [3.05, 3.63) is 82.4 Å². The van der Waals surface area contributed by atoms with E-state index in [0.29, 0.717) is 18.1 Å². The van der Waals surface area contributed by atoms with Gasteiger partial charge in [0.2, 0.25) is 11.9 Å². The monoisotopic (exact) mass is 459 g/mol. The Hall–Kier alpha value is -3.78. The van der Waals surface area contributed by atoms with Crippen molar-refractivity contribution in [3.63, 3.8) is 0 Å². The predicted octanol–water partition coefficient (Wildman–Crippen LogP) is 4.60. The van der Waals surface area contributed by atoms with Crippen molar-refractivity contribution in [1.29, 1.82) is 0 Å². The first-order valence-corrected chi connectivity index (χ1v) is 11.3. The third kappa shape index (κ3) is 3.90. The van der Waals surface area contributed by atoms with E-state index < -0.39 is 5.91 Å². The smallest absolute Gasteiger partial charge is 0.249 e. The Morgan fingerprint density at radius 1 is 1.24 bits per heavy atom. The number of aromatic nitrogens is 3. The molecule has 8 heteroatoms. The van der Waals surface area contributed by atoms with Gasteiger partial charge in [0.15, 0.2) is 0 Å². The van der Waals surface area contributed by atoms with Gasteiger partial charge in [-0.3, -0.25) is 9.36 Å². The Morgan fingerprint density at radius 3 is 2.76 bits per heavy atom. The first-order chi connectivity index (χ1) is 16.5. The van der Waals surface area contributed by atoms with E-state index in [-0.39, 0.29) is 11.9 Å². The van der Waals surface area contributed by atoms with Gasteiger partial charge in [0, 0.05) is 35.9 Å². The fraction of sp³-hybridized carbons (Fsp3) is 0.269. The Bertz CT molecular complexity index is 1380. The molecule has 0 radical (unpaired) electrons. The molecule has 1 atom stereocenters. The van der Waals surface area contributed by atoms with Crippen LogP contribution in [0.15, 0.2) is 48.5 Å². The van der Waals surface area contributed by atoms with E-state index in [1.54, 1.807) is 25.3 Å². The molecule has 0 saturated heterocycles. The maximum atomic E-state index is 13.3. The van der Waals surface area contributed by atoms with Crippen LogP contribution in [-0.4, -0.2) is 27.6 Å². The second-order valence-corrected chi connectivity index (χ2v) is 8.56. The van der Waals surface area contributed by atoms with E-state index in [1.807, 2.05) is 29.7 Å². The van der Waals surface area contributed by atoms with Crippen molar-refractivity contribution in [2.75, 3.05) is 12.4 Å². The molecule has 0 spiro atoms. The molecular weight excluding hydrogens is 433 g/mol. The molecule has 5 rings (SSSR count). The van der Waals surface area contributed by atoms with Crippen LogP contribution < -0.4 is 11.1 Å². The zero-order valence-corrected chi connectivity index (χ0v) is 19.1. The lowest BCUT2D eigenvalue weighted by Gasteiger charge is -2.26. The van der Waals surface area contributed by atoms with Crippen LogP contribution in [0.1, 0.15) is 51.8 Å². The standard InChI is InChI=1S/C26H26FN5O2/c1-15-13-20-18(24(28)33)5-3-7-21(20)32(15)26-30-23-19(6-4-8-22(23)34-2)25(31-26)29-14-16-9-11-17(27)12-10-16/h3,5,7,9-13,22H,4,6,8,14H2,1-2H3,(H2,28,33)(H,29,30,31). The number of hydrogen-bond donors (Lipinski definition) is 2. The summed E-state index contributed by atoms with van der Waals surface area (Å²) in [4.78, 5) is 21.8. The molecule has 1 aliphatic carbocycles. The van der Waals surface area contributed by atoms with E-state index in [0.717, 1.165) is 58.5 Å². The van der Waals surface area contributed by atoms with Crippen molar-refractivity contribution in [1.82, 2.24) is 14.5 Å². The van der Waals surface area contributed by atoms with Gasteiger partial charge in [0.25, 0.3) is 0 Å². The second kappa shape index (κ2) is 8.87. The molecule has 1 aliphatic rings. The fourth-order valence-corrected chi connectivity index (χ4v) is 4.71. The number of halogens is 1. The van der Waals surface area contributed by atoms with E-state index in [1.165, 1.54) is 12.1 Å². The van der Waals surface area contributed by atoms with Gasteiger partial charge in [-0.2, -0.15) is 4.98 Å². The highest BCUT2D eigenvalue weighted by Gasteiger charge is 2.27.